The van der Waals surface area contributed by atoms with Crippen LogP contribution in [0.4, 0.5) is 0 Å². The summed E-state index contributed by atoms with van der Waals surface area (Å²) in [5.74, 6) is 0.0142. The van der Waals surface area contributed by atoms with Crippen molar-refractivity contribution in [3.63, 3.8) is 0 Å². The number of rotatable bonds is 3. The highest BCUT2D eigenvalue weighted by Crippen LogP contribution is 2.49. The zero-order valence-electron chi connectivity index (χ0n) is 16.8. The predicted molar refractivity (Wildman–Crippen MR) is 106 cm³/mol. The van der Waals surface area contributed by atoms with Gasteiger partial charge in [0.15, 0.2) is 0 Å². The van der Waals surface area contributed by atoms with Crippen LogP contribution in [-0.2, 0) is 15.0 Å². The molecule has 0 bridgehead atoms. The molecule has 7 heteroatoms. The second-order valence-corrected chi connectivity index (χ2v) is 10.2. The van der Waals surface area contributed by atoms with E-state index in [1.807, 2.05) is 42.2 Å². The lowest BCUT2D eigenvalue weighted by atomic mass is 9.85. The van der Waals surface area contributed by atoms with E-state index in [2.05, 4.69) is 0 Å². The molecule has 0 aliphatic carbocycles. The lowest BCUT2D eigenvalue weighted by Gasteiger charge is -2.45. The fourth-order valence-electron chi connectivity index (χ4n) is 4.85. The molecule has 1 amide bonds. The van der Waals surface area contributed by atoms with Crippen LogP contribution in [0.3, 0.4) is 0 Å². The number of fused-ring (bicyclic) bond motifs is 1. The van der Waals surface area contributed by atoms with Crippen LogP contribution in [0.2, 0.25) is 0 Å². The Kier molecular flexibility index (Phi) is 5.66. The Bertz CT molecular complexity index is 781. The van der Waals surface area contributed by atoms with Gasteiger partial charge in [0.25, 0.3) is 10.2 Å². The Morgan fingerprint density at radius 2 is 1.81 bits per heavy atom. The molecular formula is C20H31N3O3S. The monoisotopic (exact) mass is 393 g/mol. The van der Waals surface area contributed by atoms with E-state index < -0.39 is 15.7 Å². The summed E-state index contributed by atoms with van der Waals surface area (Å²) in [5, 5.41) is 0. The van der Waals surface area contributed by atoms with Crippen LogP contribution in [0.15, 0.2) is 30.3 Å². The Hall–Kier alpha value is -1.44. The molecule has 2 aliphatic rings. The van der Waals surface area contributed by atoms with E-state index >= 15 is 0 Å². The normalized spacial score (nSPS) is 30.0. The van der Waals surface area contributed by atoms with Gasteiger partial charge in [-0.25, -0.2) is 0 Å². The third-order valence-corrected chi connectivity index (χ3v) is 8.27. The number of hydrogen-bond acceptors (Lipinski definition) is 3. The molecule has 150 valence electrons. The van der Waals surface area contributed by atoms with E-state index in [-0.39, 0.29) is 18.0 Å². The zero-order chi connectivity index (χ0) is 19.8. The average Bonchev–Trinajstić information content (AvgIpc) is 2.89. The van der Waals surface area contributed by atoms with Gasteiger partial charge in [0.1, 0.15) is 0 Å². The molecule has 3 atom stereocenters. The maximum absolute atomic E-state index is 13.2. The Labute approximate surface area is 163 Å². The van der Waals surface area contributed by atoms with Crippen LogP contribution in [-0.4, -0.2) is 60.1 Å². The van der Waals surface area contributed by atoms with Gasteiger partial charge < -0.3 is 4.90 Å². The molecule has 0 aromatic heterocycles. The predicted octanol–water partition coefficient (Wildman–Crippen LogP) is 2.79. The summed E-state index contributed by atoms with van der Waals surface area (Å²) >= 11 is 0. The number of carbonyl (C=O) groups excluding carboxylic acids is 1. The van der Waals surface area contributed by atoms with Gasteiger partial charge in [-0.3, -0.25) is 4.79 Å². The molecule has 0 radical (unpaired) electrons. The van der Waals surface area contributed by atoms with Crippen molar-refractivity contribution in [3.05, 3.63) is 35.9 Å². The lowest BCUT2D eigenvalue weighted by Crippen LogP contribution is -2.60. The fourth-order valence-corrected chi connectivity index (χ4v) is 6.33. The van der Waals surface area contributed by atoms with Crippen LogP contribution in [0.25, 0.3) is 0 Å². The van der Waals surface area contributed by atoms with Gasteiger partial charge in [-0.15, -0.1) is 0 Å². The molecule has 0 N–H and O–H groups in total. The number of likely N-dealkylation sites (tertiary alicyclic amines) is 1. The van der Waals surface area contributed by atoms with Gasteiger partial charge in [-0.2, -0.15) is 17.0 Å². The van der Waals surface area contributed by atoms with Gasteiger partial charge in [0.2, 0.25) is 5.91 Å². The first-order valence-electron chi connectivity index (χ1n) is 9.73. The summed E-state index contributed by atoms with van der Waals surface area (Å²) in [4.78, 5) is 14.6. The minimum Gasteiger partial charge on any atom is -0.331 e. The van der Waals surface area contributed by atoms with Crippen molar-refractivity contribution < 1.29 is 13.2 Å². The minimum absolute atomic E-state index is 0.0142. The van der Waals surface area contributed by atoms with Gasteiger partial charge in [-0.1, -0.05) is 43.2 Å². The summed E-state index contributed by atoms with van der Waals surface area (Å²) in [6.45, 7) is 4.13. The minimum atomic E-state index is -3.58. The van der Waals surface area contributed by atoms with Crippen LogP contribution in [0.5, 0.6) is 0 Å². The molecule has 1 aromatic carbocycles. The van der Waals surface area contributed by atoms with Crippen LogP contribution < -0.4 is 0 Å². The average molecular weight is 394 g/mol. The van der Waals surface area contributed by atoms with Crippen LogP contribution >= 0.6 is 0 Å². The molecule has 3 rings (SSSR count). The molecule has 2 saturated heterocycles. The van der Waals surface area contributed by atoms with Crippen molar-refractivity contribution in [2.45, 2.75) is 63.6 Å². The smallest absolute Gasteiger partial charge is 0.282 e. The maximum Gasteiger partial charge on any atom is 0.282 e. The molecule has 27 heavy (non-hydrogen) atoms. The highest BCUT2D eigenvalue weighted by Gasteiger charge is 2.56. The summed E-state index contributed by atoms with van der Waals surface area (Å²) in [6, 6.07) is 9.77. The molecule has 6 nitrogen and oxygen atoms in total. The molecule has 2 fully saturated rings. The lowest BCUT2D eigenvalue weighted by molar-refractivity contribution is -0.133. The topological polar surface area (TPSA) is 60.9 Å². The maximum atomic E-state index is 13.2. The van der Waals surface area contributed by atoms with Crippen LogP contribution in [0.1, 0.15) is 57.6 Å². The van der Waals surface area contributed by atoms with Gasteiger partial charge in [0, 0.05) is 27.6 Å². The van der Waals surface area contributed by atoms with Gasteiger partial charge >= 0.3 is 0 Å². The molecule has 2 heterocycles. The van der Waals surface area contributed by atoms with Crippen molar-refractivity contribution >= 4 is 16.1 Å². The third kappa shape index (κ3) is 3.52. The Morgan fingerprint density at radius 3 is 2.41 bits per heavy atom. The highest BCUT2D eigenvalue weighted by molar-refractivity contribution is 7.86. The second-order valence-electron chi connectivity index (χ2n) is 8.14. The molecular weight excluding hydrogens is 362 g/mol. The summed E-state index contributed by atoms with van der Waals surface area (Å²) in [5.41, 5.74) is 0.457. The summed E-state index contributed by atoms with van der Waals surface area (Å²) in [6.07, 6.45) is 4.30. The highest BCUT2D eigenvalue weighted by atomic mass is 32.2. The number of nitrogens with zero attached hydrogens (tertiary/aromatic N) is 3. The fraction of sp³-hybridized carbons (Fsp3) is 0.650. The van der Waals surface area contributed by atoms with E-state index in [1.54, 1.807) is 25.3 Å². The van der Waals surface area contributed by atoms with E-state index in [9.17, 15) is 13.2 Å². The number of amides is 1. The van der Waals surface area contributed by atoms with Crippen molar-refractivity contribution in [1.82, 2.24) is 13.5 Å². The van der Waals surface area contributed by atoms with E-state index in [1.165, 1.54) is 4.31 Å². The molecule has 2 aliphatic heterocycles. The van der Waals surface area contributed by atoms with Crippen molar-refractivity contribution in [1.29, 1.82) is 0 Å². The Morgan fingerprint density at radius 1 is 1.15 bits per heavy atom. The van der Waals surface area contributed by atoms with Gasteiger partial charge in [-0.05, 0) is 31.7 Å². The number of benzene rings is 1. The molecule has 0 spiro atoms. The molecule has 0 unspecified atom stereocenters. The third-order valence-electron chi connectivity index (χ3n) is 6.19. The molecule has 0 saturated carbocycles. The van der Waals surface area contributed by atoms with E-state index in [0.29, 0.717) is 13.0 Å². The van der Waals surface area contributed by atoms with E-state index in [0.717, 1.165) is 31.2 Å². The van der Waals surface area contributed by atoms with Gasteiger partial charge in [0.05, 0.1) is 17.6 Å². The first-order chi connectivity index (χ1) is 12.7. The van der Waals surface area contributed by atoms with Crippen molar-refractivity contribution in [3.8, 4) is 0 Å². The Balaban J connectivity index is 2.11. The van der Waals surface area contributed by atoms with Crippen LogP contribution in [0, 0.1) is 0 Å². The standard InChI is InChI=1S/C20H31N3O3S/c1-16(24)23-18(17-11-7-5-8-12-17)15-20(2)19(23)13-9-6-10-14-22(20)27(25,26)21(3)4/h5,7-8,11-12,18-19H,6,9-10,13-15H2,1-4H3/t18-,19-,20-/m0/s1. The summed E-state index contributed by atoms with van der Waals surface area (Å²) in [7, 11) is -0.414. The molecule has 1 aromatic rings. The quantitative estimate of drug-likeness (QED) is 0.793. The second kappa shape index (κ2) is 7.53. The largest absolute Gasteiger partial charge is 0.331 e. The SMILES string of the molecule is CC(=O)N1[C@H]2CCCCCN(S(=O)(=O)N(C)C)[C@@]2(C)C[C@H]1c1ccccc1. The first-order valence-corrected chi connectivity index (χ1v) is 11.1. The summed E-state index contributed by atoms with van der Waals surface area (Å²) < 4.78 is 29.3. The van der Waals surface area contributed by atoms with E-state index in [4.69, 9.17) is 0 Å². The zero-order valence-corrected chi connectivity index (χ0v) is 17.6. The van der Waals surface area contributed by atoms with Crippen molar-refractivity contribution in [2.24, 2.45) is 0 Å². The number of hydrogen-bond donors (Lipinski definition) is 0. The first kappa shape index (κ1) is 20.3. The number of carbonyl (C=O) groups is 1. The van der Waals surface area contributed by atoms with Crippen molar-refractivity contribution in [2.75, 3.05) is 20.6 Å².